The van der Waals surface area contributed by atoms with Crippen molar-refractivity contribution in [1.82, 2.24) is 0 Å². The van der Waals surface area contributed by atoms with E-state index >= 15 is 0 Å². The van der Waals surface area contributed by atoms with E-state index in [4.69, 9.17) is 4.74 Å². The lowest BCUT2D eigenvalue weighted by atomic mass is 9.69. The first kappa shape index (κ1) is 20.7. The summed E-state index contributed by atoms with van der Waals surface area (Å²) in [6.45, 7) is 7.63. The maximum Gasteiger partial charge on any atom is 0.309 e. The SMILES string of the molecule is Cc1cc(C2=C(/C=C/[C@@H]3C[C@@H](O)CC(=O)O3)C(C)(C)CC(O)C2)cc(C)c1F. The Morgan fingerprint density at radius 3 is 2.39 bits per heavy atom. The van der Waals surface area contributed by atoms with E-state index < -0.39 is 24.3 Å². The summed E-state index contributed by atoms with van der Waals surface area (Å²) in [5.74, 6) is -0.606. The van der Waals surface area contributed by atoms with Gasteiger partial charge in [0.15, 0.2) is 0 Å². The van der Waals surface area contributed by atoms with Crippen LogP contribution < -0.4 is 0 Å². The van der Waals surface area contributed by atoms with Crippen LogP contribution in [-0.2, 0) is 9.53 Å². The second kappa shape index (κ2) is 7.80. The Balaban J connectivity index is 2.04. The molecule has 1 aromatic carbocycles. The molecule has 3 atom stereocenters. The molecule has 1 fully saturated rings. The van der Waals surface area contributed by atoms with Gasteiger partial charge < -0.3 is 14.9 Å². The Morgan fingerprint density at radius 1 is 1.14 bits per heavy atom. The highest BCUT2D eigenvalue weighted by Gasteiger charge is 2.34. The molecule has 5 heteroatoms. The molecular formula is C23H29FO4. The van der Waals surface area contributed by atoms with Crippen molar-refractivity contribution in [3.63, 3.8) is 0 Å². The number of aliphatic hydroxyl groups is 2. The molecule has 1 heterocycles. The molecular weight excluding hydrogens is 359 g/mol. The average Bonchev–Trinajstić information content (AvgIpc) is 2.56. The molecule has 152 valence electrons. The van der Waals surface area contributed by atoms with Crippen LogP contribution in [0.15, 0.2) is 29.9 Å². The largest absolute Gasteiger partial charge is 0.458 e. The van der Waals surface area contributed by atoms with Crippen LogP contribution >= 0.6 is 0 Å². The molecule has 0 spiro atoms. The number of allylic oxidation sites excluding steroid dienone is 2. The topological polar surface area (TPSA) is 66.8 Å². The second-order valence-electron chi connectivity index (χ2n) is 8.74. The Kier molecular flexibility index (Phi) is 5.78. The van der Waals surface area contributed by atoms with E-state index in [2.05, 4.69) is 13.8 Å². The minimum Gasteiger partial charge on any atom is -0.458 e. The molecule has 2 N–H and O–H groups in total. The molecule has 1 aliphatic carbocycles. The summed E-state index contributed by atoms with van der Waals surface area (Å²) in [5.41, 5.74) is 3.79. The van der Waals surface area contributed by atoms with Crippen molar-refractivity contribution in [3.8, 4) is 0 Å². The Hall–Kier alpha value is -1.98. The number of aliphatic hydroxyl groups excluding tert-OH is 2. The third-order valence-electron chi connectivity index (χ3n) is 5.69. The van der Waals surface area contributed by atoms with E-state index in [0.717, 1.165) is 16.7 Å². The number of benzene rings is 1. The maximum absolute atomic E-state index is 14.1. The van der Waals surface area contributed by atoms with Crippen molar-refractivity contribution in [2.24, 2.45) is 5.41 Å². The number of carbonyl (C=O) groups is 1. The van der Waals surface area contributed by atoms with E-state index in [1.54, 1.807) is 13.8 Å². The quantitative estimate of drug-likeness (QED) is 0.768. The molecule has 28 heavy (non-hydrogen) atoms. The van der Waals surface area contributed by atoms with Crippen LogP contribution in [0.1, 0.15) is 56.2 Å². The number of cyclic esters (lactones) is 1. The van der Waals surface area contributed by atoms with Crippen molar-refractivity contribution in [3.05, 3.63) is 52.4 Å². The first-order chi connectivity index (χ1) is 13.1. The van der Waals surface area contributed by atoms with Crippen LogP contribution in [0.3, 0.4) is 0 Å². The normalized spacial score (nSPS) is 28.0. The predicted octanol–water partition coefficient (Wildman–Crippen LogP) is 4.00. The number of hydrogen-bond donors (Lipinski definition) is 2. The second-order valence-corrected chi connectivity index (χ2v) is 8.74. The number of aryl methyl sites for hydroxylation is 2. The molecule has 3 rings (SSSR count). The van der Waals surface area contributed by atoms with E-state index in [1.807, 2.05) is 24.3 Å². The van der Waals surface area contributed by atoms with Gasteiger partial charge in [-0.05, 0) is 78.1 Å². The molecule has 2 aliphatic rings. The first-order valence-electron chi connectivity index (χ1n) is 9.81. The van der Waals surface area contributed by atoms with Crippen molar-refractivity contribution < 1.29 is 24.1 Å². The van der Waals surface area contributed by atoms with Crippen LogP contribution in [0.4, 0.5) is 4.39 Å². The van der Waals surface area contributed by atoms with Crippen LogP contribution in [0, 0.1) is 25.1 Å². The molecule has 0 bridgehead atoms. The fourth-order valence-corrected chi connectivity index (χ4v) is 4.38. The van der Waals surface area contributed by atoms with Gasteiger partial charge in [-0.3, -0.25) is 4.79 Å². The average molecular weight is 388 g/mol. The lowest BCUT2D eigenvalue weighted by Crippen LogP contribution is -2.32. The zero-order valence-electron chi connectivity index (χ0n) is 17.0. The highest BCUT2D eigenvalue weighted by atomic mass is 19.1. The van der Waals surface area contributed by atoms with Crippen LogP contribution in [-0.4, -0.2) is 34.5 Å². The monoisotopic (exact) mass is 388 g/mol. The zero-order valence-corrected chi connectivity index (χ0v) is 17.0. The summed E-state index contributed by atoms with van der Waals surface area (Å²) in [7, 11) is 0. The molecule has 1 aromatic rings. The molecule has 1 unspecified atom stereocenters. The van der Waals surface area contributed by atoms with Gasteiger partial charge in [0.05, 0.1) is 18.6 Å². The molecule has 0 radical (unpaired) electrons. The fourth-order valence-electron chi connectivity index (χ4n) is 4.38. The molecule has 0 saturated carbocycles. The summed E-state index contributed by atoms with van der Waals surface area (Å²) < 4.78 is 19.4. The minimum atomic E-state index is -0.687. The summed E-state index contributed by atoms with van der Waals surface area (Å²) >= 11 is 0. The van der Waals surface area contributed by atoms with Gasteiger partial charge in [0, 0.05) is 6.42 Å². The lowest BCUT2D eigenvalue weighted by Gasteiger charge is -2.37. The van der Waals surface area contributed by atoms with Crippen LogP contribution in [0.25, 0.3) is 5.57 Å². The smallest absolute Gasteiger partial charge is 0.309 e. The molecule has 0 aromatic heterocycles. The van der Waals surface area contributed by atoms with Gasteiger partial charge in [-0.15, -0.1) is 0 Å². The minimum absolute atomic E-state index is 0.0319. The molecule has 1 saturated heterocycles. The van der Waals surface area contributed by atoms with E-state index in [1.165, 1.54) is 0 Å². The van der Waals surface area contributed by atoms with Gasteiger partial charge in [-0.2, -0.15) is 0 Å². The third-order valence-corrected chi connectivity index (χ3v) is 5.69. The number of ether oxygens (including phenoxy) is 1. The standard InChI is InChI=1S/C23H29FO4/c1-13-7-15(8-14(2)22(13)24)19-10-17(26)12-23(3,4)20(19)6-5-18-9-16(25)11-21(27)28-18/h5-8,16-18,25-26H,9-12H2,1-4H3/b6-5+/t16-,17?,18-/m1/s1. The fraction of sp³-hybridized carbons (Fsp3) is 0.522. The molecule has 0 amide bonds. The highest BCUT2D eigenvalue weighted by molar-refractivity contribution is 5.75. The first-order valence-corrected chi connectivity index (χ1v) is 9.81. The highest BCUT2D eigenvalue weighted by Crippen LogP contribution is 2.45. The van der Waals surface area contributed by atoms with Crippen LogP contribution in [0.5, 0.6) is 0 Å². The number of rotatable bonds is 3. The number of halogens is 1. The van der Waals surface area contributed by atoms with Crippen molar-refractivity contribution in [2.75, 3.05) is 0 Å². The van der Waals surface area contributed by atoms with Gasteiger partial charge in [0.25, 0.3) is 0 Å². The van der Waals surface area contributed by atoms with Gasteiger partial charge in [0.2, 0.25) is 0 Å². The summed E-state index contributed by atoms with van der Waals surface area (Å²) in [6, 6.07) is 3.65. The summed E-state index contributed by atoms with van der Waals surface area (Å²) in [4.78, 5) is 11.6. The third kappa shape index (κ3) is 4.36. The van der Waals surface area contributed by atoms with Crippen LogP contribution in [0.2, 0.25) is 0 Å². The molecule has 4 nitrogen and oxygen atoms in total. The number of carbonyl (C=O) groups excluding carboxylic acids is 1. The molecule has 1 aliphatic heterocycles. The summed E-state index contributed by atoms with van der Waals surface area (Å²) in [5, 5.41) is 20.3. The van der Waals surface area contributed by atoms with Crippen molar-refractivity contribution in [1.29, 1.82) is 0 Å². The maximum atomic E-state index is 14.1. The van der Waals surface area contributed by atoms with Gasteiger partial charge in [-0.25, -0.2) is 4.39 Å². The lowest BCUT2D eigenvalue weighted by molar-refractivity contribution is -0.156. The van der Waals surface area contributed by atoms with E-state index in [0.29, 0.717) is 30.4 Å². The van der Waals surface area contributed by atoms with Crippen molar-refractivity contribution in [2.45, 2.75) is 71.7 Å². The summed E-state index contributed by atoms with van der Waals surface area (Å²) in [6.07, 6.45) is 3.65. The Morgan fingerprint density at radius 2 is 1.79 bits per heavy atom. The van der Waals surface area contributed by atoms with E-state index in [-0.39, 0.29) is 17.7 Å². The van der Waals surface area contributed by atoms with Gasteiger partial charge in [0.1, 0.15) is 11.9 Å². The zero-order chi connectivity index (χ0) is 20.6. The number of esters is 1. The Labute approximate surface area is 165 Å². The Bertz CT molecular complexity index is 814. The van der Waals surface area contributed by atoms with Gasteiger partial charge in [-0.1, -0.05) is 19.9 Å². The van der Waals surface area contributed by atoms with Gasteiger partial charge >= 0.3 is 5.97 Å². The predicted molar refractivity (Wildman–Crippen MR) is 106 cm³/mol. The van der Waals surface area contributed by atoms with E-state index in [9.17, 15) is 19.4 Å². The number of hydrogen-bond acceptors (Lipinski definition) is 4. The van der Waals surface area contributed by atoms with Crippen molar-refractivity contribution >= 4 is 11.5 Å².